The highest BCUT2D eigenvalue weighted by Crippen LogP contribution is 2.16. The van der Waals surface area contributed by atoms with Crippen molar-refractivity contribution in [3.05, 3.63) is 58.0 Å². The van der Waals surface area contributed by atoms with E-state index in [-0.39, 0.29) is 11.4 Å². The molecule has 1 aromatic heterocycles. The fourth-order valence-corrected chi connectivity index (χ4v) is 1.42. The van der Waals surface area contributed by atoms with Crippen LogP contribution in [-0.2, 0) is 0 Å². The monoisotopic (exact) mass is 246 g/mol. The summed E-state index contributed by atoms with van der Waals surface area (Å²) in [6.45, 7) is 1.74. The number of nitrogens with one attached hydrogen (secondary N) is 1. The molecule has 18 heavy (non-hydrogen) atoms. The van der Waals surface area contributed by atoms with Crippen LogP contribution in [0.2, 0.25) is 0 Å². The number of hydrogen-bond donors (Lipinski definition) is 1. The van der Waals surface area contributed by atoms with Crippen LogP contribution in [0, 0.1) is 17.0 Å². The Bertz CT molecular complexity index is 586. The van der Waals surface area contributed by atoms with E-state index in [9.17, 15) is 14.9 Å². The molecule has 0 bridgehead atoms. The summed E-state index contributed by atoms with van der Waals surface area (Å²) in [7, 11) is 0. The molecule has 6 heteroatoms. The molecule has 0 aliphatic heterocycles. The van der Waals surface area contributed by atoms with Gasteiger partial charge in [0.05, 0.1) is 4.92 Å². The lowest BCUT2D eigenvalue weighted by atomic mass is 10.3. The fraction of sp³-hybridized carbons (Fsp3) is 0.0833. The maximum atomic E-state index is 11.7. The van der Waals surface area contributed by atoms with E-state index >= 15 is 0 Å². The molecule has 2 aromatic rings. The van der Waals surface area contributed by atoms with E-state index in [1.807, 2.05) is 0 Å². The van der Waals surface area contributed by atoms with Crippen molar-refractivity contribution >= 4 is 17.3 Å². The molecule has 1 heterocycles. The Morgan fingerprint density at radius 2 is 1.89 bits per heavy atom. The van der Waals surface area contributed by atoms with E-state index < -0.39 is 10.8 Å². The van der Waals surface area contributed by atoms with Gasteiger partial charge in [0, 0.05) is 17.8 Å². The third-order valence-electron chi connectivity index (χ3n) is 2.30. The molecular formula is C12H10N2O4. The number of carbonyl (C=O) groups excluding carboxylic acids is 1. The Hall–Kier alpha value is -2.63. The van der Waals surface area contributed by atoms with E-state index in [0.717, 1.165) is 0 Å². The molecule has 2 rings (SSSR count). The minimum atomic E-state index is -0.499. The first kappa shape index (κ1) is 11.8. The van der Waals surface area contributed by atoms with Gasteiger partial charge in [-0.15, -0.1) is 0 Å². The molecule has 0 saturated heterocycles. The van der Waals surface area contributed by atoms with Gasteiger partial charge in [-0.25, -0.2) is 0 Å². The maximum absolute atomic E-state index is 11.7. The quantitative estimate of drug-likeness (QED) is 0.666. The predicted molar refractivity (Wildman–Crippen MR) is 64.5 cm³/mol. The van der Waals surface area contributed by atoms with Gasteiger partial charge in [0.15, 0.2) is 5.76 Å². The number of aryl methyl sites for hydroxylation is 1. The molecule has 0 radical (unpaired) electrons. The highest BCUT2D eigenvalue weighted by Gasteiger charge is 2.11. The van der Waals surface area contributed by atoms with Crippen molar-refractivity contribution in [2.24, 2.45) is 0 Å². The lowest BCUT2D eigenvalue weighted by Crippen LogP contribution is -2.10. The molecule has 0 fully saturated rings. The van der Waals surface area contributed by atoms with Crippen LogP contribution < -0.4 is 5.32 Å². The summed E-state index contributed by atoms with van der Waals surface area (Å²) in [5, 5.41) is 13.0. The van der Waals surface area contributed by atoms with Gasteiger partial charge >= 0.3 is 0 Å². The number of non-ortho nitro benzene ring substituents is 1. The topological polar surface area (TPSA) is 85.4 Å². The van der Waals surface area contributed by atoms with Gasteiger partial charge in [-0.1, -0.05) is 0 Å². The van der Waals surface area contributed by atoms with Gasteiger partial charge in [-0.2, -0.15) is 0 Å². The number of carbonyl (C=O) groups is 1. The second-order valence-corrected chi connectivity index (χ2v) is 3.67. The molecule has 1 amide bonds. The number of nitro benzene ring substituents is 1. The smallest absolute Gasteiger partial charge is 0.291 e. The van der Waals surface area contributed by atoms with Crippen LogP contribution in [0.25, 0.3) is 0 Å². The molecule has 0 unspecified atom stereocenters. The van der Waals surface area contributed by atoms with Crippen molar-refractivity contribution < 1.29 is 14.1 Å². The molecule has 6 nitrogen and oxygen atoms in total. The summed E-state index contributed by atoms with van der Waals surface area (Å²) in [5.74, 6) is 0.451. The van der Waals surface area contributed by atoms with E-state index in [0.29, 0.717) is 11.4 Å². The SMILES string of the molecule is Cc1ccc(C(=O)Nc2ccc([N+](=O)[O-])cc2)o1. The van der Waals surface area contributed by atoms with Crippen LogP contribution in [0.15, 0.2) is 40.8 Å². The van der Waals surface area contributed by atoms with Crippen LogP contribution in [0.1, 0.15) is 16.3 Å². The summed E-state index contributed by atoms with van der Waals surface area (Å²) in [5.41, 5.74) is 0.446. The lowest BCUT2D eigenvalue weighted by molar-refractivity contribution is -0.384. The maximum Gasteiger partial charge on any atom is 0.291 e. The van der Waals surface area contributed by atoms with Crippen molar-refractivity contribution in [3.8, 4) is 0 Å². The average molecular weight is 246 g/mol. The summed E-state index contributed by atoms with van der Waals surface area (Å²) < 4.78 is 5.16. The van der Waals surface area contributed by atoms with Gasteiger partial charge in [0.25, 0.3) is 11.6 Å². The Kier molecular flexibility index (Phi) is 3.09. The number of amides is 1. The molecular weight excluding hydrogens is 236 g/mol. The van der Waals surface area contributed by atoms with Crippen LogP contribution in [0.5, 0.6) is 0 Å². The molecule has 0 aliphatic carbocycles. The zero-order valence-electron chi connectivity index (χ0n) is 9.54. The third-order valence-corrected chi connectivity index (χ3v) is 2.30. The Balaban J connectivity index is 2.10. The van der Waals surface area contributed by atoms with Crippen molar-refractivity contribution in [2.45, 2.75) is 6.92 Å². The third kappa shape index (κ3) is 2.54. The number of rotatable bonds is 3. The minimum absolute atomic E-state index is 0.0261. The molecule has 92 valence electrons. The van der Waals surface area contributed by atoms with Gasteiger partial charge in [-0.3, -0.25) is 14.9 Å². The van der Waals surface area contributed by atoms with E-state index in [2.05, 4.69) is 5.32 Å². The number of benzene rings is 1. The first-order chi connectivity index (χ1) is 8.56. The number of nitro groups is 1. The lowest BCUT2D eigenvalue weighted by Gasteiger charge is -2.02. The first-order valence-corrected chi connectivity index (χ1v) is 5.18. The Labute approximate surface area is 102 Å². The largest absolute Gasteiger partial charge is 0.456 e. The fourth-order valence-electron chi connectivity index (χ4n) is 1.42. The van der Waals surface area contributed by atoms with Gasteiger partial charge in [-0.05, 0) is 31.2 Å². The van der Waals surface area contributed by atoms with Crippen LogP contribution >= 0.6 is 0 Å². The molecule has 1 N–H and O–H groups in total. The first-order valence-electron chi connectivity index (χ1n) is 5.18. The average Bonchev–Trinajstić information content (AvgIpc) is 2.76. The second-order valence-electron chi connectivity index (χ2n) is 3.67. The van der Waals surface area contributed by atoms with Gasteiger partial charge in [0.2, 0.25) is 0 Å². The normalized spacial score (nSPS) is 10.1. The van der Waals surface area contributed by atoms with Crippen molar-refractivity contribution in [3.63, 3.8) is 0 Å². The van der Waals surface area contributed by atoms with Crippen molar-refractivity contribution in [2.75, 3.05) is 5.32 Å². The van der Waals surface area contributed by atoms with Crippen LogP contribution in [0.4, 0.5) is 11.4 Å². The molecule has 1 aromatic carbocycles. The van der Waals surface area contributed by atoms with Gasteiger partial charge < -0.3 is 9.73 Å². The highest BCUT2D eigenvalue weighted by atomic mass is 16.6. The predicted octanol–water partition coefficient (Wildman–Crippen LogP) is 2.75. The zero-order valence-corrected chi connectivity index (χ0v) is 9.54. The van der Waals surface area contributed by atoms with E-state index in [1.54, 1.807) is 19.1 Å². The van der Waals surface area contributed by atoms with Crippen LogP contribution in [-0.4, -0.2) is 10.8 Å². The van der Waals surface area contributed by atoms with Gasteiger partial charge in [0.1, 0.15) is 5.76 Å². The number of hydrogen-bond acceptors (Lipinski definition) is 4. The number of furan rings is 1. The number of nitrogens with zero attached hydrogens (tertiary/aromatic N) is 1. The standard InChI is InChI=1S/C12H10N2O4/c1-8-2-7-11(18-8)12(15)13-9-3-5-10(6-4-9)14(16)17/h2-7H,1H3,(H,13,15). The summed E-state index contributed by atoms with van der Waals surface area (Å²) in [6, 6.07) is 8.82. The number of anilines is 1. The van der Waals surface area contributed by atoms with Crippen molar-refractivity contribution in [1.82, 2.24) is 0 Å². The highest BCUT2D eigenvalue weighted by molar-refractivity contribution is 6.02. The summed E-state index contributed by atoms with van der Waals surface area (Å²) in [6.07, 6.45) is 0. The molecule has 0 aliphatic rings. The Morgan fingerprint density at radius 1 is 1.22 bits per heavy atom. The summed E-state index contributed by atoms with van der Waals surface area (Å²) in [4.78, 5) is 21.7. The molecule has 0 spiro atoms. The zero-order chi connectivity index (χ0) is 13.1. The van der Waals surface area contributed by atoms with E-state index in [4.69, 9.17) is 4.42 Å². The molecule has 0 saturated carbocycles. The van der Waals surface area contributed by atoms with Crippen molar-refractivity contribution in [1.29, 1.82) is 0 Å². The summed E-state index contributed by atoms with van der Waals surface area (Å²) >= 11 is 0. The Morgan fingerprint density at radius 3 is 2.39 bits per heavy atom. The van der Waals surface area contributed by atoms with Crippen LogP contribution in [0.3, 0.4) is 0 Å². The van der Waals surface area contributed by atoms with E-state index in [1.165, 1.54) is 24.3 Å². The minimum Gasteiger partial charge on any atom is -0.456 e. The second kappa shape index (κ2) is 4.70. The molecule has 0 atom stereocenters.